The fourth-order valence-electron chi connectivity index (χ4n) is 8.67. The highest BCUT2D eigenvalue weighted by atomic mass is 15.0. The molecule has 0 fully saturated rings. The number of aromatic nitrogens is 1. The number of para-hydroxylation sites is 1. The summed E-state index contributed by atoms with van der Waals surface area (Å²) in [6, 6.07) is 71.4. The van der Waals surface area contributed by atoms with Crippen molar-refractivity contribution >= 4 is 43.4 Å². The quantitative estimate of drug-likeness (QED) is 0.157. The maximum absolute atomic E-state index is 2.44. The van der Waals surface area contributed by atoms with Gasteiger partial charge in [-0.15, -0.1) is 0 Å². The molecule has 0 aliphatic rings. The summed E-state index contributed by atoms with van der Waals surface area (Å²) in [5, 5.41) is 7.62. The highest BCUT2D eigenvalue weighted by molar-refractivity contribution is 6.21. The molecular formula is C54H41N. The molecule has 55 heavy (non-hydrogen) atoms. The summed E-state index contributed by atoms with van der Waals surface area (Å²) in [5.41, 5.74) is 14.9. The Bertz CT molecular complexity index is 3030. The molecule has 0 bridgehead atoms. The summed E-state index contributed by atoms with van der Waals surface area (Å²) >= 11 is 0. The van der Waals surface area contributed by atoms with Crippen LogP contribution in [0.3, 0.4) is 0 Å². The maximum atomic E-state index is 2.44. The van der Waals surface area contributed by atoms with Crippen molar-refractivity contribution in [2.24, 2.45) is 0 Å². The van der Waals surface area contributed by atoms with E-state index in [0.717, 1.165) is 5.69 Å². The van der Waals surface area contributed by atoms with E-state index in [1.54, 1.807) is 0 Å². The third-order valence-corrected chi connectivity index (χ3v) is 11.4. The molecule has 0 N–H and O–H groups in total. The van der Waals surface area contributed by atoms with Crippen molar-refractivity contribution in [2.45, 2.75) is 26.2 Å². The van der Waals surface area contributed by atoms with Crippen molar-refractivity contribution in [2.75, 3.05) is 0 Å². The highest BCUT2D eigenvalue weighted by Gasteiger charge is 2.21. The SMILES string of the molecule is CC(C)(C)c1ccc2c(-c3ccc(-n4c5ccccc5c5cc(-c6ccccc6-c6ccccc6)ccc54)cc3)c3ccccc3c(-c3ccccc3)c2c1. The highest BCUT2D eigenvalue weighted by Crippen LogP contribution is 2.45. The minimum absolute atomic E-state index is 0.0317. The van der Waals surface area contributed by atoms with Gasteiger partial charge in [-0.2, -0.15) is 0 Å². The predicted molar refractivity (Wildman–Crippen MR) is 236 cm³/mol. The molecule has 0 saturated carbocycles. The van der Waals surface area contributed by atoms with Gasteiger partial charge < -0.3 is 4.57 Å². The maximum Gasteiger partial charge on any atom is 0.0541 e. The number of nitrogens with zero attached hydrogens (tertiary/aromatic N) is 1. The van der Waals surface area contributed by atoms with E-state index < -0.39 is 0 Å². The Hall–Kier alpha value is -6.70. The van der Waals surface area contributed by atoms with Gasteiger partial charge >= 0.3 is 0 Å². The van der Waals surface area contributed by atoms with Crippen LogP contribution >= 0.6 is 0 Å². The molecule has 0 radical (unpaired) electrons. The van der Waals surface area contributed by atoms with Gasteiger partial charge in [-0.05, 0) is 113 Å². The van der Waals surface area contributed by atoms with Crippen molar-refractivity contribution in [3.8, 4) is 50.2 Å². The zero-order chi connectivity index (χ0) is 37.1. The van der Waals surface area contributed by atoms with E-state index in [1.807, 2.05) is 0 Å². The van der Waals surface area contributed by atoms with Crippen LogP contribution in [-0.2, 0) is 5.41 Å². The lowest BCUT2D eigenvalue weighted by molar-refractivity contribution is 0.591. The minimum atomic E-state index is 0.0317. The first kappa shape index (κ1) is 32.9. The Morgan fingerprint density at radius 2 is 0.818 bits per heavy atom. The number of hydrogen-bond donors (Lipinski definition) is 0. The van der Waals surface area contributed by atoms with E-state index in [9.17, 15) is 0 Å². The molecule has 1 heteroatoms. The first-order valence-corrected chi connectivity index (χ1v) is 19.3. The van der Waals surface area contributed by atoms with E-state index in [0.29, 0.717) is 0 Å². The predicted octanol–water partition coefficient (Wildman–Crippen LogP) is 15.1. The van der Waals surface area contributed by atoms with Crippen molar-refractivity contribution in [3.05, 3.63) is 200 Å². The molecule has 0 spiro atoms. The molecule has 262 valence electrons. The van der Waals surface area contributed by atoms with Gasteiger partial charge in [0, 0.05) is 16.5 Å². The molecule has 10 aromatic rings. The van der Waals surface area contributed by atoms with E-state index in [-0.39, 0.29) is 5.41 Å². The van der Waals surface area contributed by atoms with Crippen LogP contribution in [0.2, 0.25) is 0 Å². The van der Waals surface area contributed by atoms with Gasteiger partial charge in [0.25, 0.3) is 0 Å². The lowest BCUT2D eigenvalue weighted by atomic mass is 9.81. The summed E-state index contributed by atoms with van der Waals surface area (Å²) in [5.74, 6) is 0. The fraction of sp³-hybridized carbons (Fsp3) is 0.0741. The molecule has 0 amide bonds. The zero-order valence-electron chi connectivity index (χ0n) is 31.4. The van der Waals surface area contributed by atoms with E-state index in [1.165, 1.54) is 93.4 Å². The molecule has 1 aromatic heterocycles. The van der Waals surface area contributed by atoms with Crippen LogP contribution in [0.25, 0.3) is 93.5 Å². The topological polar surface area (TPSA) is 4.93 Å². The second-order valence-corrected chi connectivity index (χ2v) is 15.7. The lowest BCUT2D eigenvalue weighted by Crippen LogP contribution is -2.10. The fourth-order valence-corrected chi connectivity index (χ4v) is 8.67. The van der Waals surface area contributed by atoms with Crippen molar-refractivity contribution < 1.29 is 0 Å². The largest absolute Gasteiger partial charge is 0.309 e. The van der Waals surface area contributed by atoms with E-state index >= 15 is 0 Å². The Morgan fingerprint density at radius 1 is 0.327 bits per heavy atom. The van der Waals surface area contributed by atoms with Crippen LogP contribution < -0.4 is 0 Å². The molecule has 10 rings (SSSR count). The summed E-state index contributed by atoms with van der Waals surface area (Å²) in [7, 11) is 0. The monoisotopic (exact) mass is 703 g/mol. The van der Waals surface area contributed by atoms with Crippen LogP contribution in [0, 0.1) is 0 Å². The third kappa shape index (κ3) is 5.55. The van der Waals surface area contributed by atoms with Gasteiger partial charge in [0.15, 0.2) is 0 Å². The number of hydrogen-bond acceptors (Lipinski definition) is 0. The summed E-state index contributed by atoms with van der Waals surface area (Å²) in [6.45, 7) is 6.91. The Balaban J connectivity index is 1.15. The summed E-state index contributed by atoms with van der Waals surface area (Å²) in [6.07, 6.45) is 0. The average Bonchev–Trinajstić information content (AvgIpc) is 3.56. The minimum Gasteiger partial charge on any atom is -0.309 e. The molecular weight excluding hydrogens is 663 g/mol. The van der Waals surface area contributed by atoms with Crippen LogP contribution in [0.1, 0.15) is 26.3 Å². The van der Waals surface area contributed by atoms with Crippen molar-refractivity contribution in [1.82, 2.24) is 4.57 Å². The Morgan fingerprint density at radius 3 is 1.49 bits per heavy atom. The number of benzene rings is 9. The first-order valence-electron chi connectivity index (χ1n) is 19.3. The molecule has 0 unspecified atom stereocenters. The van der Waals surface area contributed by atoms with Crippen LogP contribution in [0.5, 0.6) is 0 Å². The Kier molecular flexibility index (Phi) is 7.78. The van der Waals surface area contributed by atoms with Gasteiger partial charge in [-0.25, -0.2) is 0 Å². The molecule has 1 heterocycles. The van der Waals surface area contributed by atoms with Gasteiger partial charge in [-0.1, -0.05) is 178 Å². The van der Waals surface area contributed by atoms with E-state index in [2.05, 4.69) is 219 Å². The number of rotatable bonds is 5. The van der Waals surface area contributed by atoms with Gasteiger partial charge in [0.2, 0.25) is 0 Å². The molecule has 9 aromatic carbocycles. The molecule has 0 saturated heterocycles. The second kappa shape index (κ2) is 13.0. The van der Waals surface area contributed by atoms with Crippen molar-refractivity contribution in [3.63, 3.8) is 0 Å². The van der Waals surface area contributed by atoms with Gasteiger partial charge in [0.1, 0.15) is 0 Å². The lowest BCUT2D eigenvalue weighted by Gasteiger charge is -2.23. The Labute approximate surface area is 322 Å². The average molecular weight is 704 g/mol. The summed E-state index contributed by atoms with van der Waals surface area (Å²) in [4.78, 5) is 0. The summed E-state index contributed by atoms with van der Waals surface area (Å²) < 4.78 is 2.42. The molecule has 0 aliphatic carbocycles. The molecule has 0 atom stereocenters. The van der Waals surface area contributed by atoms with E-state index in [4.69, 9.17) is 0 Å². The third-order valence-electron chi connectivity index (χ3n) is 11.4. The van der Waals surface area contributed by atoms with Gasteiger partial charge in [-0.3, -0.25) is 0 Å². The van der Waals surface area contributed by atoms with Gasteiger partial charge in [0.05, 0.1) is 11.0 Å². The smallest absolute Gasteiger partial charge is 0.0541 e. The van der Waals surface area contributed by atoms with Crippen LogP contribution in [-0.4, -0.2) is 4.57 Å². The first-order chi connectivity index (χ1) is 26.9. The standard InChI is InChI=1S/C54H41N/c1-54(2,3)40-29-32-47-49(35-40)53(37-18-8-5-9-19-37)46-24-13-12-23-45(46)52(47)38-26-30-41(31-27-38)55-50-25-15-14-22-44(50)48-34-39(28-33-51(48)55)43-21-11-10-20-42(43)36-16-6-4-7-17-36/h4-35H,1-3H3. The van der Waals surface area contributed by atoms with Crippen LogP contribution in [0.4, 0.5) is 0 Å². The molecule has 1 nitrogen and oxygen atoms in total. The second-order valence-electron chi connectivity index (χ2n) is 15.7. The normalized spacial score (nSPS) is 11.9. The van der Waals surface area contributed by atoms with Crippen LogP contribution in [0.15, 0.2) is 194 Å². The zero-order valence-corrected chi connectivity index (χ0v) is 31.4. The number of fused-ring (bicyclic) bond motifs is 5. The molecule has 0 aliphatic heterocycles. The van der Waals surface area contributed by atoms with Crippen molar-refractivity contribution in [1.29, 1.82) is 0 Å².